The van der Waals surface area contributed by atoms with Gasteiger partial charge < -0.3 is 0 Å². The van der Waals surface area contributed by atoms with E-state index in [1.807, 2.05) is 23.5 Å². The first-order valence-electron chi connectivity index (χ1n) is 6.52. The maximum absolute atomic E-state index is 4.63. The van der Waals surface area contributed by atoms with Gasteiger partial charge in [0.25, 0.3) is 0 Å². The Hall–Kier alpha value is 0.120. The molecule has 1 heterocycles. The van der Waals surface area contributed by atoms with Gasteiger partial charge in [0.1, 0.15) is 0 Å². The molecule has 1 fully saturated rings. The van der Waals surface area contributed by atoms with E-state index in [0.29, 0.717) is 4.58 Å². The van der Waals surface area contributed by atoms with Crippen LogP contribution in [0.5, 0.6) is 0 Å². The molecule has 1 saturated heterocycles. The Balaban J connectivity index is 2.03. The van der Waals surface area contributed by atoms with Crippen molar-refractivity contribution in [2.75, 3.05) is 16.9 Å². The zero-order chi connectivity index (χ0) is 13.7. The molecule has 104 valence electrons. The molecule has 2 rings (SSSR count). The molecular weight excluding hydrogens is 387 g/mol. The lowest BCUT2D eigenvalue weighted by Crippen LogP contribution is -2.19. The van der Waals surface area contributed by atoms with E-state index in [0.717, 1.165) is 12.1 Å². The summed E-state index contributed by atoms with van der Waals surface area (Å²) in [5.74, 6) is 2.53. The number of anilines is 1. The van der Waals surface area contributed by atoms with Crippen LogP contribution in [-0.4, -0.2) is 21.8 Å². The zero-order valence-electron chi connectivity index (χ0n) is 11.3. The third-order valence-corrected chi connectivity index (χ3v) is 7.14. The molecule has 0 unspecified atom stereocenters. The molecule has 19 heavy (non-hydrogen) atoms. The second-order valence-corrected chi connectivity index (χ2v) is 8.35. The number of halogens is 1. The molecular formula is C14H19IN2S2. The monoisotopic (exact) mass is 406 g/mol. The van der Waals surface area contributed by atoms with E-state index in [-0.39, 0.29) is 0 Å². The fourth-order valence-corrected chi connectivity index (χ4v) is 5.31. The molecule has 0 aromatic heterocycles. The Bertz CT molecular complexity index is 457. The van der Waals surface area contributed by atoms with Gasteiger partial charge in [-0.15, -0.1) is 23.5 Å². The highest BCUT2D eigenvalue weighted by Gasteiger charge is 2.19. The van der Waals surface area contributed by atoms with Crippen molar-refractivity contribution in [3.8, 4) is 0 Å². The summed E-state index contributed by atoms with van der Waals surface area (Å²) in [7, 11) is 0. The molecule has 0 atom stereocenters. The van der Waals surface area contributed by atoms with Crippen LogP contribution in [-0.2, 0) is 0 Å². The van der Waals surface area contributed by atoms with E-state index in [1.54, 1.807) is 0 Å². The standard InChI is InChI=1S/C14H19IN2S2/c1-3-13(14-18-7-4-8-19-14)17-16-11-6-5-10(2)12(15)9-11/h5-6,9,14,16H,3-4,7-8H2,1-2H3/b17-13+. The van der Waals surface area contributed by atoms with Crippen LogP contribution in [0, 0.1) is 10.5 Å². The van der Waals surface area contributed by atoms with Crippen LogP contribution < -0.4 is 5.43 Å². The molecule has 1 aliphatic rings. The van der Waals surface area contributed by atoms with Gasteiger partial charge >= 0.3 is 0 Å². The fourth-order valence-electron chi connectivity index (χ4n) is 1.78. The number of nitrogens with zero attached hydrogens (tertiary/aromatic N) is 1. The maximum Gasteiger partial charge on any atom is 0.0900 e. The van der Waals surface area contributed by atoms with E-state index in [1.165, 1.54) is 32.8 Å². The lowest BCUT2D eigenvalue weighted by molar-refractivity contribution is 1.10. The van der Waals surface area contributed by atoms with Gasteiger partial charge in [-0.2, -0.15) is 5.10 Å². The summed E-state index contributed by atoms with van der Waals surface area (Å²) in [6.07, 6.45) is 2.34. The van der Waals surface area contributed by atoms with Gasteiger partial charge in [-0.05, 0) is 71.6 Å². The van der Waals surface area contributed by atoms with Gasteiger partial charge in [-0.1, -0.05) is 13.0 Å². The lowest BCUT2D eigenvalue weighted by atomic mass is 10.2. The van der Waals surface area contributed by atoms with E-state index in [9.17, 15) is 0 Å². The molecule has 0 amide bonds. The number of hydrazone groups is 1. The second kappa shape index (κ2) is 7.78. The Morgan fingerprint density at radius 2 is 2.16 bits per heavy atom. The van der Waals surface area contributed by atoms with Crippen LogP contribution in [0.15, 0.2) is 23.3 Å². The Kier molecular flexibility index (Phi) is 6.35. The number of aryl methyl sites for hydroxylation is 1. The fraction of sp³-hybridized carbons (Fsp3) is 0.500. The topological polar surface area (TPSA) is 24.4 Å². The first-order valence-corrected chi connectivity index (χ1v) is 9.70. The minimum Gasteiger partial charge on any atom is -0.278 e. The van der Waals surface area contributed by atoms with Gasteiger partial charge in [0, 0.05) is 3.57 Å². The molecule has 1 N–H and O–H groups in total. The van der Waals surface area contributed by atoms with E-state index in [2.05, 4.69) is 65.2 Å². The highest BCUT2D eigenvalue weighted by atomic mass is 127. The third kappa shape index (κ3) is 4.56. The van der Waals surface area contributed by atoms with Crippen LogP contribution in [0.2, 0.25) is 0 Å². The smallest absolute Gasteiger partial charge is 0.0900 e. The number of hydrogen-bond acceptors (Lipinski definition) is 4. The average Bonchev–Trinajstić information content (AvgIpc) is 2.44. The maximum atomic E-state index is 4.63. The number of nitrogens with one attached hydrogen (secondary N) is 1. The average molecular weight is 406 g/mol. The summed E-state index contributed by atoms with van der Waals surface area (Å²) < 4.78 is 1.81. The van der Waals surface area contributed by atoms with E-state index in [4.69, 9.17) is 0 Å². The quantitative estimate of drug-likeness (QED) is 0.434. The molecule has 0 aliphatic carbocycles. The lowest BCUT2D eigenvalue weighted by Gasteiger charge is -2.22. The molecule has 1 aliphatic heterocycles. The summed E-state index contributed by atoms with van der Waals surface area (Å²) in [5.41, 5.74) is 6.87. The SMILES string of the molecule is CC/C(=N\Nc1ccc(C)c(I)c1)C1SCCCS1. The number of benzene rings is 1. The Labute approximate surface area is 137 Å². The van der Waals surface area contributed by atoms with Crippen LogP contribution in [0.4, 0.5) is 5.69 Å². The minimum absolute atomic E-state index is 0.538. The molecule has 2 nitrogen and oxygen atoms in total. The highest BCUT2D eigenvalue weighted by Crippen LogP contribution is 2.32. The van der Waals surface area contributed by atoms with Crippen LogP contribution in [0.1, 0.15) is 25.3 Å². The van der Waals surface area contributed by atoms with Crippen molar-refractivity contribution in [3.05, 3.63) is 27.3 Å². The van der Waals surface area contributed by atoms with Gasteiger partial charge in [0.05, 0.1) is 16.0 Å². The van der Waals surface area contributed by atoms with Crippen LogP contribution in [0.25, 0.3) is 0 Å². The van der Waals surface area contributed by atoms with Crippen molar-refractivity contribution >= 4 is 57.5 Å². The summed E-state index contributed by atoms with van der Waals surface area (Å²) >= 11 is 6.42. The Morgan fingerprint density at radius 1 is 1.42 bits per heavy atom. The molecule has 0 saturated carbocycles. The predicted molar refractivity (Wildman–Crippen MR) is 98.6 cm³/mol. The number of rotatable bonds is 4. The predicted octanol–water partition coefficient (Wildman–Crippen LogP) is 4.97. The molecule has 0 bridgehead atoms. The molecule has 5 heteroatoms. The molecule has 1 aromatic carbocycles. The third-order valence-electron chi connectivity index (χ3n) is 2.96. The van der Waals surface area contributed by atoms with Crippen molar-refractivity contribution in [1.29, 1.82) is 0 Å². The van der Waals surface area contributed by atoms with Crippen molar-refractivity contribution in [1.82, 2.24) is 0 Å². The summed E-state index contributed by atoms with van der Waals surface area (Å²) in [6, 6.07) is 6.37. The molecule has 0 spiro atoms. The van der Waals surface area contributed by atoms with Gasteiger partial charge in [-0.25, -0.2) is 0 Å². The van der Waals surface area contributed by atoms with Crippen molar-refractivity contribution in [2.24, 2.45) is 5.10 Å². The van der Waals surface area contributed by atoms with Crippen LogP contribution >= 0.6 is 46.1 Å². The first-order chi connectivity index (χ1) is 9.20. The van der Waals surface area contributed by atoms with Crippen molar-refractivity contribution < 1.29 is 0 Å². The molecule has 1 aromatic rings. The van der Waals surface area contributed by atoms with Gasteiger partial charge in [0.15, 0.2) is 0 Å². The summed E-state index contributed by atoms with van der Waals surface area (Å²) in [4.78, 5) is 0. The summed E-state index contributed by atoms with van der Waals surface area (Å²) in [5, 5.41) is 4.63. The largest absolute Gasteiger partial charge is 0.278 e. The zero-order valence-corrected chi connectivity index (χ0v) is 15.1. The summed E-state index contributed by atoms with van der Waals surface area (Å²) in [6.45, 7) is 4.32. The minimum atomic E-state index is 0.538. The Morgan fingerprint density at radius 3 is 2.79 bits per heavy atom. The number of hydrogen-bond donors (Lipinski definition) is 1. The van der Waals surface area contributed by atoms with Gasteiger partial charge in [-0.3, -0.25) is 5.43 Å². The second-order valence-electron chi connectivity index (χ2n) is 4.46. The van der Waals surface area contributed by atoms with E-state index >= 15 is 0 Å². The first kappa shape index (κ1) is 15.5. The normalized spacial score (nSPS) is 17.5. The molecule has 0 radical (unpaired) electrons. The van der Waals surface area contributed by atoms with Crippen molar-refractivity contribution in [2.45, 2.75) is 31.3 Å². The highest BCUT2D eigenvalue weighted by molar-refractivity contribution is 14.1. The number of thioether (sulfide) groups is 2. The van der Waals surface area contributed by atoms with Crippen molar-refractivity contribution in [3.63, 3.8) is 0 Å². The van der Waals surface area contributed by atoms with E-state index < -0.39 is 0 Å². The van der Waals surface area contributed by atoms with Crippen LogP contribution in [0.3, 0.4) is 0 Å². The van der Waals surface area contributed by atoms with Gasteiger partial charge in [0.2, 0.25) is 0 Å².